The van der Waals surface area contributed by atoms with E-state index in [9.17, 15) is 27.6 Å². The Labute approximate surface area is 317 Å². The van der Waals surface area contributed by atoms with Crippen molar-refractivity contribution in [1.29, 1.82) is 0 Å². The number of amides is 4. The van der Waals surface area contributed by atoms with Gasteiger partial charge in [0.05, 0.1) is 24.6 Å². The van der Waals surface area contributed by atoms with Crippen LogP contribution in [0.15, 0.2) is 42.6 Å². The molecule has 4 amide bonds. The van der Waals surface area contributed by atoms with Crippen molar-refractivity contribution in [3.8, 4) is 11.6 Å². The number of methoxy groups -OCH3 is 1. The van der Waals surface area contributed by atoms with Crippen molar-refractivity contribution >= 4 is 44.6 Å². The van der Waals surface area contributed by atoms with Crippen molar-refractivity contribution in [2.45, 2.75) is 121 Å². The molecule has 6 rings (SSSR count). The van der Waals surface area contributed by atoms with E-state index >= 15 is 0 Å². The lowest BCUT2D eigenvalue weighted by atomic mass is 9.88. The molecule has 1 aromatic carbocycles. The van der Waals surface area contributed by atoms with Crippen molar-refractivity contribution in [2.75, 3.05) is 13.7 Å². The van der Waals surface area contributed by atoms with Gasteiger partial charge in [0, 0.05) is 23.1 Å². The first kappa shape index (κ1) is 39.3. The number of carbonyl (C=O) groups excluding carboxylic acids is 4. The van der Waals surface area contributed by atoms with Gasteiger partial charge in [-0.05, 0) is 84.1 Å². The van der Waals surface area contributed by atoms with Gasteiger partial charge in [0.15, 0.2) is 0 Å². The van der Waals surface area contributed by atoms with E-state index < -0.39 is 73.8 Å². The molecule has 4 aliphatic rings. The number of nitrogens with one attached hydrogen (secondary N) is 3. The van der Waals surface area contributed by atoms with Crippen molar-refractivity contribution in [1.82, 2.24) is 25.2 Å². The van der Waals surface area contributed by atoms with Crippen LogP contribution in [-0.4, -0.2) is 89.8 Å². The van der Waals surface area contributed by atoms with Crippen LogP contribution in [0.25, 0.3) is 10.8 Å². The third kappa shape index (κ3) is 8.15. The number of alkyl carbamates (subject to hydrolysis) is 1. The highest BCUT2D eigenvalue weighted by Crippen LogP contribution is 2.47. The Kier molecular flexibility index (Phi) is 10.7. The summed E-state index contributed by atoms with van der Waals surface area (Å²) in [4.78, 5) is 62.2. The van der Waals surface area contributed by atoms with Gasteiger partial charge in [0.25, 0.3) is 5.91 Å². The van der Waals surface area contributed by atoms with E-state index in [0.29, 0.717) is 42.7 Å². The lowest BCUT2D eigenvalue weighted by Crippen LogP contribution is -2.59. The summed E-state index contributed by atoms with van der Waals surface area (Å²) in [6.45, 7) is 10.7. The van der Waals surface area contributed by atoms with Gasteiger partial charge in [0.2, 0.25) is 27.7 Å². The van der Waals surface area contributed by atoms with Crippen LogP contribution < -0.4 is 24.8 Å². The van der Waals surface area contributed by atoms with E-state index in [1.165, 1.54) is 4.90 Å². The number of ether oxygens (including phenoxy) is 3. The van der Waals surface area contributed by atoms with Crippen LogP contribution in [0.2, 0.25) is 0 Å². The number of sulfonamides is 1. The third-order valence-corrected chi connectivity index (χ3v) is 13.3. The standard InChI is InChI=1S/C39H53N5O9S/c1-23-12-8-9-13-25-20-39(25,35(47)43-54(49,50)38(6)16-17-38)42-32(45)29-19-26(52-33-28-15-11-10-14-27(28)30(51-7)21-40-33)22-44(29)34(46)31(24(2)18-23)41-36(48)53-37(3,4)5/h9-11,13-15,21,23-26,29,31H,8,12,16-20,22H2,1-7H3,(H,41,48)(H,42,45)(H,43,47)/b13-9-/t23-,24+,25+,26+,29-,31-,39+/m0/s1. The third-order valence-electron chi connectivity index (χ3n) is 11.1. The molecule has 0 unspecified atom stereocenters. The highest BCUT2D eigenvalue weighted by atomic mass is 32.2. The summed E-state index contributed by atoms with van der Waals surface area (Å²) >= 11 is 0. The van der Waals surface area contributed by atoms with Crippen molar-refractivity contribution in [3.63, 3.8) is 0 Å². The van der Waals surface area contributed by atoms with E-state index in [-0.39, 0.29) is 31.2 Å². The molecule has 2 saturated carbocycles. The molecule has 54 heavy (non-hydrogen) atoms. The molecule has 0 radical (unpaired) electrons. The molecule has 0 bridgehead atoms. The number of nitrogens with zero attached hydrogens (tertiary/aromatic N) is 2. The summed E-state index contributed by atoms with van der Waals surface area (Å²) in [6.07, 6.45) is 7.06. The van der Waals surface area contributed by atoms with Crippen LogP contribution in [0.4, 0.5) is 4.79 Å². The number of benzene rings is 1. The Balaban J connectivity index is 1.35. The van der Waals surface area contributed by atoms with Crippen molar-refractivity contribution in [3.05, 3.63) is 42.6 Å². The monoisotopic (exact) mass is 767 g/mol. The second-order valence-electron chi connectivity index (χ2n) is 16.8. The Morgan fingerprint density at radius 1 is 1.07 bits per heavy atom. The summed E-state index contributed by atoms with van der Waals surface area (Å²) in [5, 5.41) is 7.16. The van der Waals surface area contributed by atoms with Gasteiger partial charge in [-0.2, -0.15) is 0 Å². The number of hydrogen-bond acceptors (Lipinski definition) is 10. The second-order valence-corrected chi connectivity index (χ2v) is 19.0. The van der Waals surface area contributed by atoms with Gasteiger partial charge < -0.3 is 29.7 Å². The average molecular weight is 768 g/mol. The van der Waals surface area contributed by atoms with Gasteiger partial charge in [-0.15, -0.1) is 0 Å². The average Bonchev–Trinajstić information content (AvgIpc) is 3.98. The first-order valence-corrected chi connectivity index (χ1v) is 20.3. The maximum Gasteiger partial charge on any atom is 0.408 e. The van der Waals surface area contributed by atoms with Crippen LogP contribution in [0.1, 0.15) is 86.5 Å². The molecule has 14 nitrogen and oxygen atoms in total. The zero-order chi connectivity index (χ0) is 39.2. The Morgan fingerprint density at radius 2 is 1.78 bits per heavy atom. The lowest BCUT2D eigenvalue weighted by molar-refractivity contribution is -0.142. The molecule has 15 heteroatoms. The van der Waals surface area contributed by atoms with Gasteiger partial charge in [-0.3, -0.25) is 19.1 Å². The van der Waals surface area contributed by atoms with Crippen LogP contribution in [0.3, 0.4) is 0 Å². The molecule has 7 atom stereocenters. The SMILES string of the molecule is COc1cnc(O[C@@H]2C[C@H]3C(=O)N[C@]4(C(=O)NS(=O)(=O)C5(C)CC5)C[C@H]4/C=C\CC[C@H](C)C[C@@H](C)[C@H](NC(=O)OC(C)(C)C)C(=O)N3C2)c2ccccc12. The summed E-state index contributed by atoms with van der Waals surface area (Å²) in [7, 11) is -2.45. The minimum atomic E-state index is -4.00. The quantitative estimate of drug-likeness (QED) is 0.342. The van der Waals surface area contributed by atoms with Crippen LogP contribution in [0.5, 0.6) is 11.6 Å². The fraction of sp³-hybridized carbons (Fsp3) is 0.615. The number of allylic oxidation sites excluding steroid dienone is 1. The normalized spacial score (nSPS) is 30.4. The van der Waals surface area contributed by atoms with E-state index in [1.807, 2.05) is 43.3 Å². The summed E-state index contributed by atoms with van der Waals surface area (Å²) in [6, 6.07) is 5.25. The Hall–Kier alpha value is -4.40. The number of carbonyl (C=O) groups is 4. The minimum absolute atomic E-state index is 0.0248. The zero-order valence-corrected chi connectivity index (χ0v) is 33.0. The number of hydrogen-bond donors (Lipinski definition) is 3. The van der Waals surface area contributed by atoms with Gasteiger partial charge >= 0.3 is 6.09 Å². The van der Waals surface area contributed by atoms with Crippen LogP contribution in [-0.2, 0) is 29.1 Å². The molecule has 3 N–H and O–H groups in total. The first-order chi connectivity index (χ1) is 25.4. The fourth-order valence-electron chi connectivity index (χ4n) is 7.59. The summed E-state index contributed by atoms with van der Waals surface area (Å²) < 4.78 is 45.1. The Bertz CT molecular complexity index is 1940. The largest absolute Gasteiger partial charge is 0.494 e. The molecule has 3 heterocycles. The number of fused-ring (bicyclic) bond motifs is 3. The molecule has 294 valence electrons. The van der Waals surface area contributed by atoms with Gasteiger partial charge in [-0.25, -0.2) is 18.2 Å². The molecule has 2 aliphatic carbocycles. The molecular weight excluding hydrogens is 715 g/mol. The summed E-state index contributed by atoms with van der Waals surface area (Å²) in [5.74, 6) is -1.72. The highest BCUT2D eigenvalue weighted by Gasteiger charge is 2.63. The number of aromatic nitrogens is 1. The molecular formula is C39H53N5O9S. The topological polar surface area (TPSA) is 182 Å². The minimum Gasteiger partial charge on any atom is -0.494 e. The molecule has 2 aromatic rings. The van der Waals surface area contributed by atoms with Gasteiger partial charge in [0.1, 0.15) is 35.1 Å². The summed E-state index contributed by atoms with van der Waals surface area (Å²) in [5.41, 5.74) is -2.35. The molecule has 3 fully saturated rings. The fourth-order valence-corrected chi connectivity index (χ4v) is 8.90. The lowest BCUT2D eigenvalue weighted by Gasteiger charge is -2.33. The predicted octanol–water partition coefficient (Wildman–Crippen LogP) is 4.37. The highest BCUT2D eigenvalue weighted by molar-refractivity contribution is 7.91. The van der Waals surface area contributed by atoms with Crippen molar-refractivity contribution < 1.29 is 41.8 Å². The van der Waals surface area contributed by atoms with E-state index in [4.69, 9.17) is 14.2 Å². The van der Waals surface area contributed by atoms with Crippen LogP contribution in [0, 0.1) is 17.8 Å². The van der Waals surface area contributed by atoms with Gasteiger partial charge in [-0.1, -0.05) is 44.2 Å². The van der Waals surface area contributed by atoms with E-state index in [0.717, 1.165) is 11.8 Å². The first-order valence-electron chi connectivity index (χ1n) is 18.8. The van der Waals surface area contributed by atoms with E-state index in [2.05, 4.69) is 27.3 Å². The number of rotatable bonds is 7. The zero-order valence-electron chi connectivity index (χ0n) is 32.1. The predicted molar refractivity (Wildman–Crippen MR) is 201 cm³/mol. The smallest absolute Gasteiger partial charge is 0.408 e. The molecule has 1 aromatic heterocycles. The molecule has 2 aliphatic heterocycles. The molecule has 1 saturated heterocycles. The Morgan fingerprint density at radius 3 is 2.44 bits per heavy atom. The van der Waals surface area contributed by atoms with E-state index in [1.54, 1.807) is 41.0 Å². The van der Waals surface area contributed by atoms with Crippen LogP contribution >= 0.6 is 0 Å². The maximum atomic E-state index is 14.7. The number of pyridine rings is 1. The maximum absolute atomic E-state index is 14.7. The second kappa shape index (κ2) is 14.7. The molecule has 0 spiro atoms. The van der Waals surface area contributed by atoms with Crippen molar-refractivity contribution in [2.24, 2.45) is 17.8 Å².